The topological polar surface area (TPSA) is 72.2 Å². The van der Waals surface area contributed by atoms with Crippen molar-refractivity contribution in [3.05, 3.63) is 35.6 Å². The summed E-state index contributed by atoms with van der Waals surface area (Å²) in [5.74, 6) is -0.522. The van der Waals surface area contributed by atoms with Crippen LogP contribution in [0.5, 0.6) is 0 Å². The molecule has 0 amide bonds. The molecule has 0 spiro atoms. The monoisotopic (exact) mass is 336 g/mol. The minimum atomic E-state index is -3.44. The Kier molecular flexibility index (Phi) is 6.59. The first-order valence-electron chi connectivity index (χ1n) is 6.89. The first-order chi connectivity index (χ1) is 9.39. The van der Waals surface area contributed by atoms with Crippen LogP contribution < -0.4 is 10.5 Å². The van der Waals surface area contributed by atoms with Crippen LogP contribution in [-0.4, -0.2) is 20.5 Å². The lowest BCUT2D eigenvalue weighted by atomic mass is 9.83. The van der Waals surface area contributed by atoms with E-state index in [9.17, 15) is 12.8 Å². The Labute approximate surface area is 131 Å². The first kappa shape index (κ1) is 18.4. The average Bonchev–Trinajstić information content (AvgIpc) is 2.40. The van der Waals surface area contributed by atoms with Crippen LogP contribution >= 0.6 is 12.4 Å². The van der Waals surface area contributed by atoms with Crippen LogP contribution in [0.4, 0.5) is 4.39 Å². The number of rotatable bonds is 5. The maximum Gasteiger partial charge on any atom is 0.215 e. The summed E-state index contributed by atoms with van der Waals surface area (Å²) in [5.41, 5.74) is 6.34. The van der Waals surface area contributed by atoms with Gasteiger partial charge in [-0.2, -0.15) is 0 Å². The van der Waals surface area contributed by atoms with E-state index in [1.807, 2.05) is 0 Å². The molecule has 1 aromatic carbocycles. The Morgan fingerprint density at radius 1 is 1.14 bits per heavy atom. The van der Waals surface area contributed by atoms with Crippen LogP contribution in [0.1, 0.15) is 37.7 Å². The van der Waals surface area contributed by atoms with Crippen molar-refractivity contribution in [1.82, 2.24) is 4.72 Å². The lowest BCUT2D eigenvalue weighted by Gasteiger charge is -2.33. The number of benzene rings is 1. The molecule has 0 aromatic heterocycles. The van der Waals surface area contributed by atoms with Gasteiger partial charge in [0.05, 0.1) is 5.75 Å². The van der Waals surface area contributed by atoms with E-state index in [0.717, 1.165) is 25.7 Å². The Hall–Kier alpha value is -0.690. The predicted molar refractivity (Wildman–Crippen MR) is 84.3 cm³/mol. The number of sulfonamides is 1. The van der Waals surface area contributed by atoms with Gasteiger partial charge in [0, 0.05) is 12.1 Å². The Morgan fingerprint density at radius 3 is 2.29 bits per heavy atom. The fourth-order valence-corrected chi connectivity index (χ4v) is 3.78. The molecule has 0 aliphatic heterocycles. The molecule has 0 saturated heterocycles. The quantitative estimate of drug-likeness (QED) is 0.866. The summed E-state index contributed by atoms with van der Waals surface area (Å²) in [6.45, 7) is 0.274. The summed E-state index contributed by atoms with van der Waals surface area (Å²) < 4.78 is 39.4. The van der Waals surface area contributed by atoms with E-state index in [1.165, 1.54) is 30.7 Å². The van der Waals surface area contributed by atoms with E-state index < -0.39 is 15.6 Å². The summed E-state index contributed by atoms with van der Waals surface area (Å²) in [6.07, 6.45) is 4.98. The molecule has 21 heavy (non-hydrogen) atoms. The van der Waals surface area contributed by atoms with Crippen LogP contribution in [-0.2, 0) is 15.8 Å². The van der Waals surface area contributed by atoms with Gasteiger partial charge in [-0.3, -0.25) is 0 Å². The van der Waals surface area contributed by atoms with Gasteiger partial charge in [0.2, 0.25) is 10.0 Å². The highest BCUT2D eigenvalue weighted by molar-refractivity contribution is 7.88. The van der Waals surface area contributed by atoms with Crippen molar-refractivity contribution in [1.29, 1.82) is 0 Å². The van der Waals surface area contributed by atoms with Crippen molar-refractivity contribution < 1.29 is 12.8 Å². The van der Waals surface area contributed by atoms with E-state index in [-0.39, 0.29) is 30.5 Å². The van der Waals surface area contributed by atoms with Crippen LogP contribution in [0, 0.1) is 5.82 Å². The maximum atomic E-state index is 12.8. The van der Waals surface area contributed by atoms with E-state index in [0.29, 0.717) is 5.56 Å². The summed E-state index contributed by atoms with van der Waals surface area (Å²) in [5, 5.41) is 0. The van der Waals surface area contributed by atoms with Crippen LogP contribution in [0.3, 0.4) is 0 Å². The number of hydrogen-bond donors (Lipinski definition) is 2. The van der Waals surface area contributed by atoms with Crippen molar-refractivity contribution in [3.8, 4) is 0 Å². The summed E-state index contributed by atoms with van der Waals surface area (Å²) in [6, 6.07) is 5.48. The second-order valence-electron chi connectivity index (χ2n) is 5.63. The van der Waals surface area contributed by atoms with Crippen molar-refractivity contribution in [2.45, 2.75) is 43.4 Å². The minimum Gasteiger partial charge on any atom is -0.324 e. The molecule has 2 rings (SSSR count). The molecule has 0 radical (unpaired) electrons. The summed E-state index contributed by atoms with van der Waals surface area (Å²) >= 11 is 0. The number of hydrogen-bond acceptors (Lipinski definition) is 3. The molecule has 7 heteroatoms. The second-order valence-corrected chi connectivity index (χ2v) is 7.44. The third kappa shape index (κ3) is 5.90. The van der Waals surface area contributed by atoms with Gasteiger partial charge in [-0.25, -0.2) is 17.5 Å². The Bertz CT molecular complexity index is 543. The molecule has 1 aromatic rings. The fourth-order valence-electron chi connectivity index (χ4n) is 2.54. The number of halogens is 2. The lowest BCUT2D eigenvalue weighted by Crippen LogP contribution is -2.51. The van der Waals surface area contributed by atoms with Crippen molar-refractivity contribution in [2.24, 2.45) is 5.73 Å². The van der Waals surface area contributed by atoms with Gasteiger partial charge >= 0.3 is 0 Å². The smallest absolute Gasteiger partial charge is 0.215 e. The van der Waals surface area contributed by atoms with E-state index in [4.69, 9.17) is 5.73 Å². The molecular weight excluding hydrogens is 315 g/mol. The molecule has 120 valence electrons. The van der Waals surface area contributed by atoms with Crippen molar-refractivity contribution in [2.75, 3.05) is 6.54 Å². The minimum absolute atomic E-state index is 0. The maximum absolute atomic E-state index is 12.8. The molecule has 1 aliphatic carbocycles. The molecule has 0 unspecified atom stereocenters. The Morgan fingerprint density at radius 2 is 1.71 bits per heavy atom. The second kappa shape index (κ2) is 7.54. The molecule has 0 atom stereocenters. The zero-order valence-electron chi connectivity index (χ0n) is 11.8. The van der Waals surface area contributed by atoms with Gasteiger partial charge in [-0.1, -0.05) is 31.4 Å². The summed E-state index contributed by atoms with van der Waals surface area (Å²) in [7, 11) is -3.44. The third-order valence-corrected chi connectivity index (χ3v) is 5.06. The zero-order valence-corrected chi connectivity index (χ0v) is 13.5. The van der Waals surface area contributed by atoms with Gasteiger partial charge in [0.25, 0.3) is 0 Å². The molecule has 0 bridgehead atoms. The number of nitrogens with one attached hydrogen (secondary N) is 1. The average molecular weight is 337 g/mol. The molecular formula is C14H22ClFN2O2S. The third-order valence-electron chi connectivity index (χ3n) is 3.76. The van der Waals surface area contributed by atoms with Gasteiger partial charge < -0.3 is 5.73 Å². The van der Waals surface area contributed by atoms with Crippen LogP contribution in [0.2, 0.25) is 0 Å². The van der Waals surface area contributed by atoms with Gasteiger partial charge in [-0.05, 0) is 30.5 Å². The lowest BCUT2D eigenvalue weighted by molar-refractivity contribution is 0.296. The summed E-state index contributed by atoms with van der Waals surface area (Å²) in [4.78, 5) is 0. The SMILES string of the molecule is Cl.NC1(CNS(=O)(=O)Cc2ccc(F)cc2)CCCCC1. The van der Waals surface area contributed by atoms with Gasteiger partial charge in [-0.15, -0.1) is 12.4 Å². The zero-order chi connectivity index (χ0) is 14.6. The van der Waals surface area contributed by atoms with Crippen molar-refractivity contribution >= 4 is 22.4 Å². The normalized spacial score (nSPS) is 18.0. The highest BCUT2D eigenvalue weighted by atomic mass is 35.5. The van der Waals surface area contributed by atoms with E-state index in [2.05, 4.69) is 4.72 Å². The molecule has 0 heterocycles. The van der Waals surface area contributed by atoms with Crippen LogP contribution in [0.15, 0.2) is 24.3 Å². The predicted octanol–water partition coefficient (Wildman–Crippen LogP) is 2.33. The standard InChI is InChI=1S/C14H21FN2O2S.ClH/c15-13-6-4-12(5-7-13)10-20(18,19)17-11-14(16)8-2-1-3-9-14;/h4-7,17H,1-3,8-11,16H2;1H. The largest absolute Gasteiger partial charge is 0.324 e. The molecule has 3 N–H and O–H groups in total. The van der Waals surface area contributed by atoms with E-state index in [1.54, 1.807) is 0 Å². The number of nitrogens with two attached hydrogens (primary N) is 1. The Balaban J connectivity index is 0.00000220. The molecule has 1 aliphatic rings. The highest BCUT2D eigenvalue weighted by Gasteiger charge is 2.28. The van der Waals surface area contributed by atoms with Crippen LogP contribution in [0.25, 0.3) is 0 Å². The molecule has 1 saturated carbocycles. The van der Waals surface area contributed by atoms with Crippen molar-refractivity contribution in [3.63, 3.8) is 0 Å². The van der Waals surface area contributed by atoms with Gasteiger partial charge in [0.1, 0.15) is 5.82 Å². The highest BCUT2D eigenvalue weighted by Crippen LogP contribution is 2.25. The molecule has 1 fully saturated rings. The first-order valence-corrected chi connectivity index (χ1v) is 8.55. The van der Waals surface area contributed by atoms with E-state index >= 15 is 0 Å². The van der Waals surface area contributed by atoms with Gasteiger partial charge in [0.15, 0.2) is 0 Å². The molecule has 4 nitrogen and oxygen atoms in total. The fraction of sp³-hybridized carbons (Fsp3) is 0.571.